The van der Waals surface area contributed by atoms with Gasteiger partial charge in [0.15, 0.2) is 0 Å². The van der Waals surface area contributed by atoms with Crippen molar-refractivity contribution in [2.45, 2.75) is 32.3 Å². The number of aryl methyl sites for hydroxylation is 1. The van der Waals surface area contributed by atoms with Crippen LogP contribution in [0.25, 0.3) is 0 Å². The first-order valence-corrected chi connectivity index (χ1v) is 6.36. The second-order valence-corrected chi connectivity index (χ2v) is 4.88. The van der Waals surface area contributed by atoms with Crippen LogP contribution in [-0.2, 0) is 4.74 Å². The molecule has 0 aliphatic carbocycles. The summed E-state index contributed by atoms with van der Waals surface area (Å²) >= 11 is 0. The molecule has 3 nitrogen and oxygen atoms in total. The highest BCUT2D eigenvalue weighted by Gasteiger charge is 2.17. The molecule has 0 spiro atoms. The van der Waals surface area contributed by atoms with Crippen molar-refractivity contribution >= 4 is 11.4 Å². The Balaban J connectivity index is 2.05. The van der Waals surface area contributed by atoms with Gasteiger partial charge in [0, 0.05) is 20.2 Å². The number of rotatable bonds is 3. The predicted molar refractivity (Wildman–Crippen MR) is 72.5 cm³/mol. The molecule has 1 aliphatic heterocycles. The fourth-order valence-electron chi connectivity index (χ4n) is 2.55. The van der Waals surface area contributed by atoms with Crippen LogP contribution >= 0.6 is 0 Å². The SMILES string of the molecule is Cc1cccc(N)c1N(C)CC1CCCCO1. The van der Waals surface area contributed by atoms with Crippen LogP contribution in [0, 0.1) is 6.92 Å². The lowest BCUT2D eigenvalue weighted by atomic mass is 10.1. The third-order valence-electron chi connectivity index (χ3n) is 3.40. The number of hydrogen-bond donors (Lipinski definition) is 1. The number of likely N-dealkylation sites (N-methyl/N-ethyl adjacent to an activating group) is 1. The minimum absolute atomic E-state index is 0.354. The highest BCUT2D eigenvalue weighted by atomic mass is 16.5. The maximum absolute atomic E-state index is 6.04. The monoisotopic (exact) mass is 234 g/mol. The summed E-state index contributed by atoms with van der Waals surface area (Å²) in [5.74, 6) is 0. The minimum Gasteiger partial charge on any atom is -0.397 e. The molecule has 17 heavy (non-hydrogen) atoms. The molecular formula is C14H22N2O. The van der Waals surface area contributed by atoms with E-state index in [9.17, 15) is 0 Å². The predicted octanol–water partition coefficient (Wildman–Crippen LogP) is 2.58. The normalized spacial score (nSPS) is 20.2. The molecule has 1 heterocycles. The first-order valence-electron chi connectivity index (χ1n) is 6.36. The second kappa shape index (κ2) is 5.41. The molecule has 94 valence electrons. The Morgan fingerprint density at radius 3 is 2.88 bits per heavy atom. The van der Waals surface area contributed by atoms with Gasteiger partial charge in [0.2, 0.25) is 0 Å². The van der Waals surface area contributed by atoms with E-state index >= 15 is 0 Å². The molecule has 0 amide bonds. The van der Waals surface area contributed by atoms with E-state index in [-0.39, 0.29) is 0 Å². The Morgan fingerprint density at radius 2 is 2.24 bits per heavy atom. The zero-order chi connectivity index (χ0) is 12.3. The van der Waals surface area contributed by atoms with Crippen LogP contribution in [0.4, 0.5) is 11.4 Å². The van der Waals surface area contributed by atoms with Crippen LogP contribution in [0.2, 0.25) is 0 Å². The van der Waals surface area contributed by atoms with Crippen molar-refractivity contribution in [3.8, 4) is 0 Å². The fourth-order valence-corrected chi connectivity index (χ4v) is 2.55. The summed E-state index contributed by atoms with van der Waals surface area (Å²) in [7, 11) is 2.09. The zero-order valence-corrected chi connectivity index (χ0v) is 10.8. The van der Waals surface area contributed by atoms with Crippen molar-refractivity contribution < 1.29 is 4.74 Å². The summed E-state index contributed by atoms with van der Waals surface area (Å²) in [5.41, 5.74) is 9.26. The number of para-hydroxylation sites is 1. The molecule has 2 rings (SSSR count). The number of benzene rings is 1. The van der Waals surface area contributed by atoms with Gasteiger partial charge in [-0.15, -0.1) is 0 Å². The number of nitrogens with zero attached hydrogens (tertiary/aromatic N) is 1. The van der Waals surface area contributed by atoms with Crippen molar-refractivity contribution in [1.82, 2.24) is 0 Å². The molecule has 1 saturated heterocycles. The number of nitrogens with two attached hydrogens (primary N) is 1. The molecule has 0 bridgehead atoms. The van der Waals surface area contributed by atoms with Crippen LogP contribution in [0.15, 0.2) is 18.2 Å². The molecule has 1 atom stereocenters. The first-order chi connectivity index (χ1) is 8.18. The topological polar surface area (TPSA) is 38.5 Å². The number of anilines is 2. The van der Waals surface area contributed by atoms with E-state index in [0.717, 1.165) is 30.9 Å². The van der Waals surface area contributed by atoms with Crippen LogP contribution in [0.3, 0.4) is 0 Å². The number of nitrogen functional groups attached to an aromatic ring is 1. The van der Waals surface area contributed by atoms with E-state index < -0.39 is 0 Å². The van der Waals surface area contributed by atoms with Crippen LogP contribution < -0.4 is 10.6 Å². The van der Waals surface area contributed by atoms with Gasteiger partial charge in [-0.25, -0.2) is 0 Å². The summed E-state index contributed by atoms with van der Waals surface area (Å²) in [6.07, 6.45) is 4.00. The van der Waals surface area contributed by atoms with E-state index in [1.165, 1.54) is 18.4 Å². The van der Waals surface area contributed by atoms with E-state index in [1.54, 1.807) is 0 Å². The van der Waals surface area contributed by atoms with Gasteiger partial charge < -0.3 is 15.4 Å². The van der Waals surface area contributed by atoms with Crippen molar-refractivity contribution in [2.75, 3.05) is 30.8 Å². The Morgan fingerprint density at radius 1 is 1.41 bits per heavy atom. The average molecular weight is 234 g/mol. The van der Waals surface area contributed by atoms with Crippen molar-refractivity contribution in [3.05, 3.63) is 23.8 Å². The van der Waals surface area contributed by atoms with Gasteiger partial charge in [0.25, 0.3) is 0 Å². The quantitative estimate of drug-likeness (QED) is 0.817. The van der Waals surface area contributed by atoms with E-state index in [2.05, 4.69) is 24.9 Å². The first kappa shape index (κ1) is 12.2. The highest BCUT2D eigenvalue weighted by molar-refractivity contribution is 5.71. The molecule has 0 saturated carbocycles. The fraction of sp³-hybridized carbons (Fsp3) is 0.571. The van der Waals surface area contributed by atoms with Crippen LogP contribution in [0.5, 0.6) is 0 Å². The average Bonchev–Trinajstić information content (AvgIpc) is 2.30. The number of hydrogen-bond acceptors (Lipinski definition) is 3. The summed E-state index contributed by atoms with van der Waals surface area (Å²) < 4.78 is 5.77. The van der Waals surface area contributed by atoms with Gasteiger partial charge in [-0.3, -0.25) is 0 Å². The van der Waals surface area contributed by atoms with Crippen LogP contribution in [-0.4, -0.2) is 26.3 Å². The van der Waals surface area contributed by atoms with Crippen molar-refractivity contribution in [2.24, 2.45) is 0 Å². The van der Waals surface area contributed by atoms with Gasteiger partial charge >= 0.3 is 0 Å². The maximum atomic E-state index is 6.04. The molecule has 1 aromatic rings. The molecule has 3 heteroatoms. The highest BCUT2D eigenvalue weighted by Crippen LogP contribution is 2.27. The Hall–Kier alpha value is -1.22. The van der Waals surface area contributed by atoms with Gasteiger partial charge in [-0.05, 0) is 37.8 Å². The molecule has 1 fully saturated rings. The summed E-state index contributed by atoms with van der Waals surface area (Å²) in [5, 5.41) is 0. The molecule has 0 aromatic heterocycles. The third kappa shape index (κ3) is 2.91. The minimum atomic E-state index is 0.354. The van der Waals surface area contributed by atoms with E-state index in [1.807, 2.05) is 12.1 Å². The maximum Gasteiger partial charge on any atom is 0.0749 e. The Kier molecular flexibility index (Phi) is 3.89. The Bertz CT molecular complexity index is 352. The van der Waals surface area contributed by atoms with Crippen molar-refractivity contribution in [1.29, 1.82) is 0 Å². The molecule has 0 radical (unpaired) electrons. The van der Waals surface area contributed by atoms with Crippen LogP contribution in [0.1, 0.15) is 24.8 Å². The van der Waals surface area contributed by atoms with Gasteiger partial charge in [-0.2, -0.15) is 0 Å². The molecular weight excluding hydrogens is 212 g/mol. The largest absolute Gasteiger partial charge is 0.397 e. The molecule has 1 unspecified atom stereocenters. The zero-order valence-electron chi connectivity index (χ0n) is 10.8. The van der Waals surface area contributed by atoms with Gasteiger partial charge in [0.05, 0.1) is 17.5 Å². The Labute approximate surface area is 104 Å². The lowest BCUT2D eigenvalue weighted by Gasteiger charge is -2.30. The molecule has 1 aromatic carbocycles. The standard InChI is InChI=1S/C14H22N2O/c1-11-6-5-8-13(15)14(11)16(2)10-12-7-3-4-9-17-12/h5-6,8,12H,3-4,7,9-10,15H2,1-2H3. The summed E-state index contributed by atoms with van der Waals surface area (Å²) in [6, 6.07) is 6.06. The molecule has 2 N–H and O–H groups in total. The molecule has 1 aliphatic rings. The van der Waals surface area contributed by atoms with Gasteiger partial charge in [0.1, 0.15) is 0 Å². The summed E-state index contributed by atoms with van der Waals surface area (Å²) in [6.45, 7) is 3.93. The third-order valence-corrected chi connectivity index (χ3v) is 3.40. The van der Waals surface area contributed by atoms with E-state index in [4.69, 9.17) is 10.5 Å². The van der Waals surface area contributed by atoms with Gasteiger partial charge in [-0.1, -0.05) is 12.1 Å². The van der Waals surface area contributed by atoms with E-state index in [0.29, 0.717) is 6.10 Å². The lowest BCUT2D eigenvalue weighted by molar-refractivity contribution is 0.0216. The lowest BCUT2D eigenvalue weighted by Crippen LogP contribution is -2.34. The number of ether oxygens (including phenoxy) is 1. The summed E-state index contributed by atoms with van der Waals surface area (Å²) in [4.78, 5) is 2.22. The second-order valence-electron chi connectivity index (χ2n) is 4.88. The van der Waals surface area contributed by atoms with Crippen molar-refractivity contribution in [3.63, 3.8) is 0 Å². The smallest absolute Gasteiger partial charge is 0.0749 e.